The second-order valence-corrected chi connectivity index (χ2v) is 9.39. The molecular formula is C22H28N4O4S. The lowest BCUT2D eigenvalue weighted by Gasteiger charge is -2.33. The number of carbonyl (C=O) groups is 1. The van der Waals surface area contributed by atoms with Gasteiger partial charge in [-0.1, -0.05) is 17.7 Å². The maximum Gasteiger partial charge on any atom is 0.254 e. The lowest BCUT2D eigenvalue weighted by Crippen LogP contribution is -2.50. The molecule has 1 amide bonds. The van der Waals surface area contributed by atoms with Gasteiger partial charge in [0.1, 0.15) is 5.75 Å². The number of amides is 1. The minimum absolute atomic E-state index is 0.164. The van der Waals surface area contributed by atoms with Gasteiger partial charge in [-0.25, -0.2) is 13.8 Å². The third-order valence-electron chi connectivity index (χ3n) is 5.21. The number of methoxy groups -OCH3 is 1. The van der Waals surface area contributed by atoms with Crippen molar-refractivity contribution in [2.45, 2.75) is 18.7 Å². The zero-order chi connectivity index (χ0) is 22.4. The molecule has 1 aliphatic heterocycles. The predicted molar refractivity (Wildman–Crippen MR) is 120 cm³/mol. The predicted octanol–water partition coefficient (Wildman–Crippen LogP) is 1.85. The second kappa shape index (κ2) is 10.0. The minimum atomic E-state index is -3.51. The van der Waals surface area contributed by atoms with Crippen molar-refractivity contribution in [1.82, 2.24) is 14.6 Å². The standard InChI is InChI=1S/C22H28N4O4S/c1-17-4-10-21(11-5-17)31(28,29)26-14-12-25(13-15-26)16-22(27)24-23-18(2)19-6-8-20(30-3)9-7-19/h4-11H,12-16H2,1-3H3,(H,24,27). The molecule has 0 spiro atoms. The largest absolute Gasteiger partial charge is 0.497 e. The van der Waals surface area contributed by atoms with Crippen molar-refractivity contribution in [2.24, 2.45) is 5.10 Å². The van der Waals surface area contributed by atoms with Crippen LogP contribution in [-0.2, 0) is 14.8 Å². The van der Waals surface area contributed by atoms with Crippen molar-refractivity contribution in [3.8, 4) is 5.75 Å². The zero-order valence-electron chi connectivity index (χ0n) is 18.0. The summed E-state index contributed by atoms with van der Waals surface area (Å²) in [5.41, 5.74) is 5.16. The number of hydrogen-bond acceptors (Lipinski definition) is 6. The number of aryl methyl sites for hydroxylation is 1. The van der Waals surface area contributed by atoms with Crippen LogP contribution in [0.2, 0.25) is 0 Å². The molecule has 0 unspecified atom stereocenters. The molecular weight excluding hydrogens is 416 g/mol. The topological polar surface area (TPSA) is 91.3 Å². The van der Waals surface area contributed by atoms with Gasteiger partial charge in [0.05, 0.1) is 24.3 Å². The number of carbonyl (C=O) groups excluding carboxylic acids is 1. The van der Waals surface area contributed by atoms with Crippen molar-refractivity contribution in [1.29, 1.82) is 0 Å². The van der Waals surface area contributed by atoms with E-state index >= 15 is 0 Å². The molecule has 9 heteroatoms. The van der Waals surface area contributed by atoms with Crippen LogP contribution < -0.4 is 10.2 Å². The first kappa shape index (κ1) is 22.9. The lowest BCUT2D eigenvalue weighted by atomic mass is 10.1. The quantitative estimate of drug-likeness (QED) is 0.520. The highest BCUT2D eigenvalue weighted by molar-refractivity contribution is 7.89. The van der Waals surface area contributed by atoms with Crippen LogP contribution >= 0.6 is 0 Å². The smallest absolute Gasteiger partial charge is 0.254 e. The third-order valence-corrected chi connectivity index (χ3v) is 7.13. The summed E-state index contributed by atoms with van der Waals surface area (Å²) in [6, 6.07) is 14.3. The summed E-state index contributed by atoms with van der Waals surface area (Å²) in [7, 11) is -1.91. The van der Waals surface area contributed by atoms with E-state index in [0.29, 0.717) is 36.8 Å². The Morgan fingerprint density at radius 2 is 1.65 bits per heavy atom. The zero-order valence-corrected chi connectivity index (χ0v) is 18.9. The van der Waals surface area contributed by atoms with Crippen LogP contribution in [0, 0.1) is 6.92 Å². The SMILES string of the molecule is COc1ccc(C(C)=NNC(=O)CN2CCN(S(=O)(=O)c3ccc(C)cc3)CC2)cc1. The van der Waals surface area contributed by atoms with Gasteiger partial charge in [0.15, 0.2) is 0 Å². The highest BCUT2D eigenvalue weighted by atomic mass is 32.2. The maximum absolute atomic E-state index is 12.8. The molecule has 1 saturated heterocycles. The summed E-state index contributed by atoms with van der Waals surface area (Å²) in [6.45, 7) is 5.56. The Kier molecular flexibility index (Phi) is 7.42. The first-order chi connectivity index (χ1) is 14.8. The van der Waals surface area contributed by atoms with E-state index in [1.165, 1.54) is 4.31 Å². The molecule has 0 saturated carbocycles. The molecule has 3 rings (SSSR count). The Hall–Kier alpha value is -2.75. The van der Waals surface area contributed by atoms with Gasteiger partial charge in [-0.05, 0) is 55.8 Å². The summed E-state index contributed by atoms with van der Waals surface area (Å²) >= 11 is 0. The first-order valence-electron chi connectivity index (χ1n) is 10.1. The molecule has 0 radical (unpaired) electrons. The number of ether oxygens (including phenoxy) is 1. The Balaban J connectivity index is 1.49. The molecule has 31 heavy (non-hydrogen) atoms. The number of nitrogens with one attached hydrogen (secondary N) is 1. The summed E-state index contributed by atoms with van der Waals surface area (Å²) in [4.78, 5) is 14.5. The number of rotatable bonds is 7. The fourth-order valence-electron chi connectivity index (χ4n) is 3.27. The molecule has 2 aromatic rings. The Morgan fingerprint density at radius 3 is 2.23 bits per heavy atom. The Morgan fingerprint density at radius 1 is 1.03 bits per heavy atom. The molecule has 166 valence electrons. The average Bonchev–Trinajstić information content (AvgIpc) is 2.78. The van der Waals surface area contributed by atoms with Crippen LogP contribution in [0.25, 0.3) is 0 Å². The molecule has 0 aliphatic carbocycles. The molecule has 2 aromatic carbocycles. The van der Waals surface area contributed by atoms with E-state index in [1.54, 1.807) is 31.4 Å². The molecule has 0 atom stereocenters. The highest BCUT2D eigenvalue weighted by Gasteiger charge is 2.28. The summed E-state index contributed by atoms with van der Waals surface area (Å²) in [5, 5.41) is 4.16. The van der Waals surface area contributed by atoms with Crippen LogP contribution in [-0.4, -0.2) is 69.1 Å². The maximum atomic E-state index is 12.8. The van der Waals surface area contributed by atoms with E-state index < -0.39 is 10.0 Å². The Labute approximate surface area is 183 Å². The summed E-state index contributed by atoms with van der Waals surface area (Å²) in [5.74, 6) is 0.520. The van der Waals surface area contributed by atoms with Gasteiger partial charge in [0, 0.05) is 26.2 Å². The summed E-state index contributed by atoms with van der Waals surface area (Å²) in [6.07, 6.45) is 0. The molecule has 1 fully saturated rings. The van der Waals surface area contributed by atoms with Crippen LogP contribution in [0.15, 0.2) is 58.5 Å². The van der Waals surface area contributed by atoms with E-state index in [-0.39, 0.29) is 12.5 Å². The Bertz CT molecular complexity index is 1030. The van der Waals surface area contributed by atoms with E-state index in [4.69, 9.17) is 4.74 Å². The van der Waals surface area contributed by atoms with Crippen molar-refractivity contribution < 1.29 is 17.9 Å². The number of nitrogens with zero attached hydrogens (tertiary/aromatic N) is 3. The van der Waals surface area contributed by atoms with Crippen molar-refractivity contribution >= 4 is 21.6 Å². The second-order valence-electron chi connectivity index (χ2n) is 7.45. The molecule has 8 nitrogen and oxygen atoms in total. The third kappa shape index (κ3) is 5.90. The van der Waals surface area contributed by atoms with Gasteiger partial charge in [0.2, 0.25) is 10.0 Å². The van der Waals surface area contributed by atoms with E-state index in [9.17, 15) is 13.2 Å². The van der Waals surface area contributed by atoms with Gasteiger partial charge in [-0.15, -0.1) is 0 Å². The molecule has 0 aromatic heterocycles. The number of piperazine rings is 1. The van der Waals surface area contributed by atoms with Crippen molar-refractivity contribution in [3.05, 3.63) is 59.7 Å². The molecule has 1 N–H and O–H groups in total. The molecule has 1 heterocycles. The van der Waals surface area contributed by atoms with Gasteiger partial charge in [-0.2, -0.15) is 9.41 Å². The fourth-order valence-corrected chi connectivity index (χ4v) is 4.69. The van der Waals surface area contributed by atoms with Crippen molar-refractivity contribution in [2.75, 3.05) is 39.8 Å². The lowest BCUT2D eigenvalue weighted by molar-refractivity contribution is -0.122. The number of hydrazone groups is 1. The van der Waals surface area contributed by atoms with Crippen LogP contribution in [0.5, 0.6) is 5.75 Å². The van der Waals surface area contributed by atoms with Crippen LogP contribution in [0.1, 0.15) is 18.1 Å². The fraction of sp³-hybridized carbons (Fsp3) is 0.364. The van der Waals surface area contributed by atoms with Gasteiger partial charge >= 0.3 is 0 Å². The normalized spacial score (nSPS) is 16.2. The van der Waals surface area contributed by atoms with Crippen LogP contribution in [0.3, 0.4) is 0 Å². The van der Waals surface area contributed by atoms with Gasteiger partial charge in [-0.3, -0.25) is 9.69 Å². The van der Waals surface area contributed by atoms with E-state index in [1.807, 2.05) is 43.0 Å². The van der Waals surface area contributed by atoms with Crippen molar-refractivity contribution in [3.63, 3.8) is 0 Å². The van der Waals surface area contributed by atoms with Gasteiger partial charge in [0.25, 0.3) is 5.91 Å². The summed E-state index contributed by atoms with van der Waals surface area (Å²) < 4.78 is 32.2. The molecule has 0 bridgehead atoms. The van der Waals surface area contributed by atoms with Gasteiger partial charge < -0.3 is 4.74 Å². The monoisotopic (exact) mass is 444 g/mol. The first-order valence-corrected chi connectivity index (χ1v) is 11.5. The number of hydrogen-bond donors (Lipinski definition) is 1. The average molecular weight is 445 g/mol. The number of benzene rings is 2. The van der Waals surface area contributed by atoms with E-state index in [0.717, 1.165) is 16.9 Å². The molecule has 1 aliphatic rings. The minimum Gasteiger partial charge on any atom is -0.497 e. The van der Waals surface area contributed by atoms with Crippen LogP contribution in [0.4, 0.5) is 0 Å². The number of sulfonamides is 1. The van der Waals surface area contributed by atoms with E-state index in [2.05, 4.69) is 10.5 Å². The highest BCUT2D eigenvalue weighted by Crippen LogP contribution is 2.18.